The third-order valence-electron chi connectivity index (χ3n) is 6.97. The largest absolute Gasteiger partial charge is 0.100 e. The standard InChI is InChI=1S/C31H56/c1-8-10-11-12-13-14-15-16-17-18-19-20-21-22-23-24-28(5)26-29(6)30(7)31(9-2)25-27(3)4/h5,16-17,29-31H,2-3,8-15,18-26H2,1,4,6-7H3/b17-16-,28-5?/t29?,30?,31-/m1/s1. The van der Waals surface area contributed by atoms with Crippen LogP contribution in [0.15, 0.2) is 29.9 Å². The normalized spacial score (nSPS) is 14.6. The minimum atomic E-state index is 0.634. The van der Waals surface area contributed by atoms with Crippen LogP contribution in [-0.2, 0) is 0 Å². The minimum absolute atomic E-state index is 0.634. The van der Waals surface area contributed by atoms with Crippen molar-refractivity contribution in [2.45, 2.75) is 137 Å². The lowest BCUT2D eigenvalue weighted by molar-refractivity contribution is 0.257. The van der Waals surface area contributed by atoms with Crippen molar-refractivity contribution in [1.82, 2.24) is 0 Å². The quantitative estimate of drug-likeness (QED) is 0.119. The molecule has 0 aromatic rings. The molecule has 0 aliphatic heterocycles. The van der Waals surface area contributed by atoms with Crippen molar-refractivity contribution in [3.8, 4) is 0 Å². The van der Waals surface area contributed by atoms with Gasteiger partial charge in [0.1, 0.15) is 0 Å². The first-order chi connectivity index (χ1) is 14.9. The van der Waals surface area contributed by atoms with E-state index in [9.17, 15) is 0 Å². The van der Waals surface area contributed by atoms with Gasteiger partial charge in [0.25, 0.3) is 0 Å². The van der Waals surface area contributed by atoms with Gasteiger partial charge >= 0.3 is 0 Å². The number of hydrogen-bond donors (Lipinski definition) is 0. The summed E-state index contributed by atoms with van der Waals surface area (Å²) in [6.45, 7) is 23.8. The zero-order valence-electron chi connectivity index (χ0n) is 21.9. The summed E-state index contributed by atoms with van der Waals surface area (Å²) < 4.78 is 0. The fourth-order valence-electron chi connectivity index (χ4n) is 4.59. The summed E-state index contributed by atoms with van der Waals surface area (Å²) in [6.07, 6.45) is 26.6. The summed E-state index contributed by atoms with van der Waals surface area (Å²) in [5.74, 6) is 1.93. The molecular weight excluding hydrogens is 372 g/mol. The SMILES string of the molecule is [CH]=C(CCCCCCC/C=C\CCCCCCCC)CC(C)C(C)[C@H](C[CH2])CC(=C)C. The van der Waals surface area contributed by atoms with Gasteiger partial charge < -0.3 is 0 Å². The lowest BCUT2D eigenvalue weighted by Crippen LogP contribution is -2.19. The van der Waals surface area contributed by atoms with E-state index in [0.29, 0.717) is 17.8 Å². The predicted octanol–water partition coefficient (Wildman–Crippen LogP) is 10.9. The molecule has 0 rings (SSSR count). The van der Waals surface area contributed by atoms with E-state index in [-0.39, 0.29) is 0 Å². The first-order valence-electron chi connectivity index (χ1n) is 13.6. The molecule has 0 N–H and O–H groups in total. The van der Waals surface area contributed by atoms with Crippen molar-refractivity contribution in [3.05, 3.63) is 43.4 Å². The van der Waals surface area contributed by atoms with E-state index < -0.39 is 0 Å². The number of allylic oxidation sites excluding steroid dienone is 4. The van der Waals surface area contributed by atoms with Gasteiger partial charge in [0, 0.05) is 0 Å². The minimum Gasteiger partial charge on any atom is -0.100 e. The molecule has 0 heteroatoms. The van der Waals surface area contributed by atoms with Gasteiger partial charge in [0.05, 0.1) is 0 Å². The Hall–Kier alpha value is -0.780. The first kappa shape index (κ1) is 30.2. The highest BCUT2D eigenvalue weighted by Gasteiger charge is 2.21. The fraction of sp³-hybridized carbons (Fsp3) is 0.774. The third-order valence-corrected chi connectivity index (χ3v) is 6.97. The van der Waals surface area contributed by atoms with Crippen molar-refractivity contribution in [2.75, 3.05) is 0 Å². The molecule has 0 fully saturated rings. The van der Waals surface area contributed by atoms with E-state index in [4.69, 9.17) is 6.58 Å². The molecule has 0 spiro atoms. The Kier molecular flexibility index (Phi) is 20.6. The molecule has 2 radical (unpaired) electrons. The second-order valence-electron chi connectivity index (χ2n) is 10.2. The molecule has 0 saturated heterocycles. The summed E-state index contributed by atoms with van der Waals surface area (Å²) in [5, 5.41) is 0. The van der Waals surface area contributed by atoms with Crippen LogP contribution in [0.25, 0.3) is 0 Å². The molecular formula is C31H56. The molecule has 3 atom stereocenters. The maximum atomic E-state index is 6.38. The lowest BCUT2D eigenvalue weighted by atomic mass is 9.77. The molecule has 180 valence electrons. The van der Waals surface area contributed by atoms with E-state index in [2.05, 4.69) is 53.3 Å². The summed E-state index contributed by atoms with van der Waals surface area (Å²) in [6, 6.07) is 0. The molecule has 0 aromatic carbocycles. The molecule has 0 aromatic heterocycles. The van der Waals surface area contributed by atoms with Crippen LogP contribution in [0.4, 0.5) is 0 Å². The Morgan fingerprint density at radius 1 is 0.806 bits per heavy atom. The Balaban J connectivity index is 3.64. The van der Waals surface area contributed by atoms with Crippen LogP contribution >= 0.6 is 0 Å². The molecule has 0 bridgehead atoms. The molecule has 0 aliphatic carbocycles. The highest BCUT2D eigenvalue weighted by Crippen LogP contribution is 2.32. The van der Waals surface area contributed by atoms with Gasteiger partial charge in [-0.3, -0.25) is 0 Å². The van der Waals surface area contributed by atoms with Crippen LogP contribution in [0.5, 0.6) is 0 Å². The van der Waals surface area contributed by atoms with Crippen LogP contribution < -0.4 is 0 Å². The maximum Gasteiger partial charge on any atom is -0.0289 e. The zero-order valence-corrected chi connectivity index (χ0v) is 21.9. The molecule has 0 heterocycles. The predicted molar refractivity (Wildman–Crippen MR) is 143 cm³/mol. The molecule has 0 aliphatic rings. The third kappa shape index (κ3) is 18.5. The zero-order chi connectivity index (χ0) is 23.3. The average molecular weight is 429 g/mol. The van der Waals surface area contributed by atoms with Crippen molar-refractivity contribution in [1.29, 1.82) is 0 Å². The number of unbranched alkanes of at least 4 members (excludes halogenated alkanes) is 11. The molecule has 2 unspecified atom stereocenters. The van der Waals surface area contributed by atoms with E-state index in [1.165, 1.54) is 94.6 Å². The molecule has 31 heavy (non-hydrogen) atoms. The van der Waals surface area contributed by atoms with E-state index in [1.807, 2.05) is 0 Å². The van der Waals surface area contributed by atoms with E-state index in [1.54, 1.807) is 0 Å². The fourth-order valence-corrected chi connectivity index (χ4v) is 4.59. The highest BCUT2D eigenvalue weighted by molar-refractivity contribution is 4.96. The van der Waals surface area contributed by atoms with Crippen molar-refractivity contribution in [2.24, 2.45) is 17.8 Å². The van der Waals surface area contributed by atoms with Crippen LogP contribution in [0.1, 0.15) is 137 Å². The molecule has 0 amide bonds. The van der Waals surface area contributed by atoms with Crippen LogP contribution in [0.2, 0.25) is 0 Å². The summed E-state index contributed by atoms with van der Waals surface area (Å²) >= 11 is 0. The summed E-state index contributed by atoms with van der Waals surface area (Å²) in [4.78, 5) is 0. The second kappa shape index (κ2) is 21.1. The smallest absolute Gasteiger partial charge is 0.0289 e. The van der Waals surface area contributed by atoms with Gasteiger partial charge in [-0.05, 0) is 82.5 Å². The van der Waals surface area contributed by atoms with Crippen molar-refractivity contribution in [3.63, 3.8) is 0 Å². The van der Waals surface area contributed by atoms with Crippen LogP contribution in [-0.4, -0.2) is 0 Å². The molecule has 0 nitrogen and oxygen atoms in total. The van der Waals surface area contributed by atoms with E-state index in [0.717, 1.165) is 25.7 Å². The van der Waals surface area contributed by atoms with E-state index >= 15 is 0 Å². The monoisotopic (exact) mass is 428 g/mol. The first-order valence-corrected chi connectivity index (χ1v) is 13.6. The van der Waals surface area contributed by atoms with Crippen LogP contribution in [0.3, 0.4) is 0 Å². The van der Waals surface area contributed by atoms with Gasteiger partial charge in [-0.25, -0.2) is 0 Å². The van der Waals surface area contributed by atoms with Gasteiger partial charge in [-0.1, -0.05) is 109 Å². The second-order valence-corrected chi connectivity index (χ2v) is 10.2. The van der Waals surface area contributed by atoms with Gasteiger partial charge in [0.2, 0.25) is 0 Å². The summed E-state index contributed by atoms with van der Waals surface area (Å²) in [7, 11) is 0. The Morgan fingerprint density at radius 3 is 1.84 bits per heavy atom. The van der Waals surface area contributed by atoms with Gasteiger partial charge in [-0.15, -0.1) is 6.58 Å². The Morgan fingerprint density at radius 2 is 1.32 bits per heavy atom. The Bertz CT molecular complexity index is 455. The number of hydrogen-bond acceptors (Lipinski definition) is 0. The lowest BCUT2D eigenvalue weighted by Gasteiger charge is -2.29. The average Bonchev–Trinajstić information content (AvgIpc) is 2.74. The van der Waals surface area contributed by atoms with Crippen molar-refractivity contribution >= 4 is 0 Å². The summed E-state index contributed by atoms with van der Waals surface area (Å²) in [5.41, 5.74) is 2.48. The maximum absolute atomic E-state index is 6.38. The molecule has 0 saturated carbocycles. The Labute approximate surface area is 198 Å². The van der Waals surface area contributed by atoms with Gasteiger partial charge in [-0.2, -0.15) is 0 Å². The number of rotatable bonds is 22. The van der Waals surface area contributed by atoms with Crippen LogP contribution in [0, 0.1) is 31.3 Å². The van der Waals surface area contributed by atoms with Crippen molar-refractivity contribution < 1.29 is 0 Å². The highest BCUT2D eigenvalue weighted by atomic mass is 14.3. The topological polar surface area (TPSA) is 0 Å². The van der Waals surface area contributed by atoms with Gasteiger partial charge in [0.15, 0.2) is 0 Å².